The van der Waals surface area contributed by atoms with E-state index >= 15 is 0 Å². The van der Waals surface area contributed by atoms with Gasteiger partial charge in [-0.15, -0.1) is 0 Å². The molecular formula is C17H18N2O2. The lowest BCUT2D eigenvalue weighted by molar-refractivity contribution is -0.120. The Morgan fingerprint density at radius 1 is 1.05 bits per heavy atom. The summed E-state index contributed by atoms with van der Waals surface area (Å²) in [5.74, 6) is 1.46. The van der Waals surface area contributed by atoms with E-state index in [0.717, 1.165) is 22.8 Å². The number of hydrazone groups is 1. The van der Waals surface area contributed by atoms with Crippen LogP contribution in [-0.4, -0.2) is 11.6 Å². The van der Waals surface area contributed by atoms with E-state index < -0.39 is 0 Å². The van der Waals surface area contributed by atoms with Crippen molar-refractivity contribution in [3.8, 4) is 11.5 Å². The maximum Gasteiger partial charge on any atom is 0.239 e. The number of hydrogen-bond acceptors (Lipinski definition) is 3. The van der Waals surface area contributed by atoms with Crippen LogP contribution in [0.5, 0.6) is 11.5 Å². The zero-order chi connectivity index (χ0) is 15.1. The number of rotatable bonds is 5. The van der Waals surface area contributed by atoms with Crippen LogP contribution in [0.4, 0.5) is 0 Å². The van der Waals surface area contributed by atoms with Gasteiger partial charge in [0.05, 0.1) is 5.71 Å². The standard InChI is InChI=1S/C17H18N2O2/c1-3-17(20)19-18-13(2)14-9-11-16(12-10-14)21-15-7-5-4-6-8-15/h4-12H,3H2,1-2H3,(H,19,20)/b18-13+. The molecule has 1 amide bonds. The van der Waals surface area contributed by atoms with Crippen molar-refractivity contribution in [1.82, 2.24) is 5.43 Å². The molecule has 21 heavy (non-hydrogen) atoms. The van der Waals surface area contributed by atoms with Gasteiger partial charge in [-0.25, -0.2) is 5.43 Å². The number of amides is 1. The third-order valence-electron chi connectivity index (χ3n) is 2.92. The van der Waals surface area contributed by atoms with Crippen molar-refractivity contribution in [1.29, 1.82) is 0 Å². The Balaban J connectivity index is 2.03. The van der Waals surface area contributed by atoms with E-state index in [9.17, 15) is 4.79 Å². The molecule has 0 aromatic heterocycles. The van der Waals surface area contributed by atoms with Crippen molar-refractivity contribution in [2.24, 2.45) is 5.10 Å². The molecule has 0 unspecified atom stereocenters. The largest absolute Gasteiger partial charge is 0.457 e. The van der Waals surface area contributed by atoms with Gasteiger partial charge in [-0.1, -0.05) is 25.1 Å². The molecule has 0 atom stereocenters. The Bertz CT molecular complexity index is 619. The quantitative estimate of drug-likeness (QED) is 0.671. The van der Waals surface area contributed by atoms with Crippen LogP contribution in [0.1, 0.15) is 25.8 Å². The molecule has 0 fully saturated rings. The van der Waals surface area contributed by atoms with Gasteiger partial charge in [0.1, 0.15) is 11.5 Å². The highest BCUT2D eigenvalue weighted by molar-refractivity contribution is 5.99. The Hall–Kier alpha value is -2.62. The van der Waals surface area contributed by atoms with Crippen LogP contribution in [0.15, 0.2) is 59.7 Å². The third-order valence-corrected chi connectivity index (χ3v) is 2.92. The molecule has 4 heteroatoms. The van der Waals surface area contributed by atoms with Gasteiger partial charge in [0.25, 0.3) is 0 Å². The van der Waals surface area contributed by atoms with Crippen LogP contribution in [0.3, 0.4) is 0 Å². The fraction of sp³-hybridized carbons (Fsp3) is 0.176. The zero-order valence-electron chi connectivity index (χ0n) is 12.2. The predicted molar refractivity (Wildman–Crippen MR) is 83.6 cm³/mol. The molecule has 0 radical (unpaired) electrons. The maximum atomic E-state index is 11.2. The second kappa shape index (κ2) is 7.24. The first-order valence-corrected chi connectivity index (χ1v) is 6.85. The van der Waals surface area contributed by atoms with Crippen molar-refractivity contribution in [3.63, 3.8) is 0 Å². The normalized spacial score (nSPS) is 11.0. The van der Waals surface area contributed by atoms with Crippen molar-refractivity contribution in [2.75, 3.05) is 0 Å². The van der Waals surface area contributed by atoms with Gasteiger partial charge in [0.2, 0.25) is 5.91 Å². The van der Waals surface area contributed by atoms with Crippen LogP contribution in [0.2, 0.25) is 0 Å². The lowest BCUT2D eigenvalue weighted by Gasteiger charge is -2.06. The van der Waals surface area contributed by atoms with Crippen molar-refractivity contribution < 1.29 is 9.53 Å². The monoisotopic (exact) mass is 282 g/mol. The van der Waals surface area contributed by atoms with Gasteiger partial charge >= 0.3 is 0 Å². The SMILES string of the molecule is CCC(=O)N/N=C(\C)c1ccc(Oc2ccccc2)cc1. The Morgan fingerprint density at radius 2 is 1.67 bits per heavy atom. The molecule has 0 bridgehead atoms. The zero-order valence-corrected chi connectivity index (χ0v) is 12.2. The van der Waals surface area contributed by atoms with Crippen LogP contribution < -0.4 is 10.2 Å². The molecule has 4 nitrogen and oxygen atoms in total. The molecule has 2 aromatic carbocycles. The van der Waals surface area contributed by atoms with Gasteiger partial charge in [-0.3, -0.25) is 4.79 Å². The van der Waals surface area contributed by atoms with Crippen molar-refractivity contribution in [3.05, 3.63) is 60.2 Å². The first-order chi connectivity index (χ1) is 10.2. The number of nitrogens with one attached hydrogen (secondary N) is 1. The minimum Gasteiger partial charge on any atom is -0.457 e. The molecule has 2 aromatic rings. The highest BCUT2D eigenvalue weighted by Crippen LogP contribution is 2.21. The Kier molecular flexibility index (Phi) is 5.10. The first kappa shape index (κ1) is 14.8. The van der Waals surface area contributed by atoms with Crippen LogP contribution >= 0.6 is 0 Å². The number of para-hydroxylation sites is 1. The maximum absolute atomic E-state index is 11.2. The summed E-state index contributed by atoms with van der Waals surface area (Å²) in [7, 11) is 0. The summed E-state index contributed by atoms with van der Waals surface area (Å²) < 4.78 is 5.72. The summed E-state index contributed by atoms with van der Waals surface area (Å²) >= 11 is 0. The summed E-state index contributed by atoms with van der Waals surface area (Å²) in [4.78, 5) is 11.2. The van der Waals surface area contributed by atoms with E-state index in [4.69, 9.17) is 4.74 Å². The average Bonchev–Trinajstić information content (AvgIpc) is 2.54. The number of ether oxygens (including phenoxy) is 1. The second-order valence-corrected chi connectivity index (χ2v) is 4.53. The highest BCUT2D eigenvalue weighted by Gasteiger charge is 2.01. The molecule has 108 valence electrons. The Morgan fingerprint density at radius 3 is 2.29 bits per heavy atom. The number of benzene rings is 2. The Labute approximate surface area is 124 Å². The summed E-state index contributed by atoms with van der Waals surface area (Å²) in [5, 5.41) is 4.06. The smallest absolute Gasteiger partial charge is 0.239 e. The fourth-order valence-corrected chi connectivity index (χ4v) is 1.68. The molecule has 1 N–H and O–H groups in total. The molecule has 0 aliphatic carbocycles. The van der Waals surface area contributed by atoms with Crippen LogP contribution in [0.25, 0.3) is 0 Å². The summed E-state index contributed by atoms with van der Waals surface area (Å²) in [6.07, 6.45) is 0.417. The molecule has 0 heterocycles. The second-order valence-electron chi connectivity index (χ2n) is 4.53. The van der Waals surface area contributed by atoms with Gasteiger partial charge < -0.3 is 4.74 Å². The highest BCUT2D eigenvalue weighted by atomic mass is 16.5. The summed E-state index contributed by atoms with van der Waals surface area (Å²) in [6.45, 7) is 3.64. The van der Waals surface area contributed by atoms with Crippen LogP contribution in [0, 0.1) is 0 Å². The molecule has 0 aliphatic heterocycles. The first-order valence-electron chi connectivity index (χ1n) is 6.85. The minimum atomic E-state index is -0.0987. The lowest BCUT2D eigenvalue weighted by atomic mass is 10.1. The third kappa shape index (κ3) is 4.45. The molecule has 0 saturated heterocycles. The summed E-state index contributed by atoms with van der Waals surface area (Å²) in [6, 6.07) is 17.2. The minimum absolute atomic E-state index is 0.0987. The molecule has 2 rings (SSSR count). The van der Waals surface area contributed by atoms with Crippen LogP contribution in [-0.2, 0) is 4.79 Å². The molecule has 0 saturated carbocycles. The van der Waals surface area contributed by atoms with E-state index in [1.54, 1.807) is 6.92 Å². The van der Waals surface area contributed by atoms with Gasteiger partial charge in [-0.05, 0) is 48.9 Å². The van der Waals surface area contributed by atoms with Crippen molar-refractivity contribution in [2.45, 2.75) is 20.3 Å². The van der Waals surface area contributed by atoms with E-state index in [1.807, 2.05) is 61.5 Å². The van der Waals surface area contributed by atoms with Gasteiger partial charge in [0, 0.05) is 6.42 Å². The van der Waals surface area contributed by atoms with E-state index in [0.29, 0.717) is 6.42 Å². The van der Waals surface area contributed by atoms with Crippen molar-refractivity contribution >= 4 is 11.6 Å². The average molecular weight is 282 g/mol. The number of carbonyl (C=O) groups excluding carboxylic acids is 1. The fourth-order valence-electron chi connectivity index (χ4n) is 1.68. The predicted octanol–water partition coefficient (Wildman–Crippen LogP) is 3.73. The number of carbonyl (C=O) groups is 1. The van der Waals surface area contributed by atoms with E-state index in [2.05, 4.69) is 10.5 Å². The van der Waals surface area contributed by atoms with E-state index in [1.165, 1.54) is 0 Å². The molecular weight excluding hydrogens is 264 g/mol. The van der Waals surface area contributed by atoms with Gasteiger partial charge in [-0.2, -0.15) is 5.10 Å². The lowest BCUT2D eigenvalue weighted by Crippen LogP contribution is -2.17. The number of nitrogens with zero attached hydrogens (tertiary/aromatic N) is 1. The topological polar surface area (TPSA) is 50.7 Å². The summed E-state index contributed by atoms with van der Waals surface area (Å²) in [5.41, 5.74) is 4.19. The molecule has 0 aliphatic rings. The number of hydrogen-bond donors (Lipinski definition) is 1. The molecule has 0 spiro atoms. The van der Waals surface area contributed by atoms with E-state index in [-0.39, 0.29) is 5.91 Å². The van der Waals surface area contributed by atoms with Gasteiger partial charge in [0.15, 0.2) is 0 Å².